The van der Waals surface area contributed by atoms with E-state index in [9.17, 15) is 13.2 Å². The van der Waals surface area contributed by atoms with Crippen LogP contribution < -0.4 is 4.74 Å². The lowest BCUT2D eigenvalue weighted by molar-refractivity contribution is -0.274. The van der Waals surface area contributed by atoms with Gasteiger partial charge in [0.05, 0.1) is 0 Å². The van der Waals surface area contributed by atoms with Gasteiger partial charge in [-0.2, -0.15) is 0 Å². The van der Waals surface area contributed by atoms with Gasteiger partial charge < -0.3 is 4.74 Å². The van der Waals surface area contributed by atoms with E-state index in [1.165, 1.54) is 12.1 Å². The van der Waals surface area contributed by atoms with Crippen molar-refractivity contribution in [3.8, 4) is 16.9 Å². The first-order valence-electron chi connectivity index (χ1n) is 5.91. The van der Waals surface area contributed by atoms with E-state index in [1.54, 1.807) is 12.1 Å². The summed E-state index contributed by atoms with van der Waals surface area (Å²) in [5, 5.41) is 0.638. The summed E-state index contributed by atoms with van der Waals surface area (Å²) in [7, 11) is 0. The van der Waals surface area contributed by atoms with Crippen molar-refractivity contribution in [1.82, 2.24) is 0 Å². The van der Waals surface area contributed by atoms with Crippen LogP contribution in [-0.4, -0.2) is 6.36 Å². The number of hydrogen-bond acceptors (Lipinski definition) is 1. The Morgan fingerprint density at radius 3 is 2.45 bits per heavy atom. The molecule has 0 aromatic heterocycles. The molecule has 2 aromatic carbocycles. The second-order valence-electron chi connectivity index (χ2n) is 4.31. The number of alkyl halides is 4. The lowest BCUT2D eigenvalue weighted by Gasteiger charge is -2.13. The fourth-order valence-corrected chi connectivity index (χ4v) is 2.76. The van der Waals surface area contributed by atoms with Crippen LogP contribution in [0.5, 0.6) is 5.75 Å². The van der Waals surface area contributed by atoms with Crippen molar-refractivity contribution in [3.05, 3.63) is 53.6 Å². The van der Waals surface area contributed by atoms with Crippen LogP contribution in [0.3, 0.4) is 0 Å². The van der Waals surface area contributed by atoms with E-state index in [0.717, 1.165) is 16.7 Å². The molecule has 0 heterocycles. The predicted octanol–water partition coefficient (Wildman–Crippen LogP) is 5.46. The molecule has 0 radical (unpaired) electrons. The van der Waals surface area contributed by atoms with Gasteiger partial charge in [-0.1, -0.05) is 46.3 Å². The smallest absolute Gasteiger partial charge is 0.406 e. The quantitative estimate of drug-likeness (QED) is 0.672. The van der Waals surface area contributed by atoms with Crippen LogP contribution in [0.2, 0.25) is 0 Å². The summed E-state index contributed by atoms with van der Waals surface area (Å²) in [5.74, 6) is -0.211. The van der Waals surface area contributed by atoms with Gasteiger partial charge in [0, 0.05) is 5.33 Å². The monoisotopic (exact) mass is 344 g/mol. The van der Waals surface area contributed by atoms with Gasteiger partial charge in [-0.3, -0.25) is 0 Å². The van der Waals surface area contributed by atoms with E-state index in [2.05, 4.69) is 20.7 Å². The molecule has 0 saturated carbocycles. The van der Waals surface area contributed by atoms with Gasteiger partial charge in [0.15, 0.2) is 0 Å². The summed E-state index contributed by atoms with van der Waals surface area (Å²) in [5.41, 5.74) is 3.73. The molecular weight excluding hydrogens is 333 g/mol. The molecule has 0 spiro atoms. The SMILES string of the molecule is Cc1cccc(-c2cccc(OC(F)(F)F)c2)c1CBr. The average Bonchev–Trinajstić information content (AvgIpc) is 2.36. The van der Waals surface area contributed by atoms with Crippen molar-refractivity contribution in [2.24, 2.45) is 0 Å². The standard InChI is InChI=1S/C15H12BrF3O/c1-10-4-2-7-13(14(10)9-16)11-5-3-6-12(8-11)20-15(17,18)19/h2-8H,9H2,1H3. The number of benzene rings is 2. The summed E-state index contributed by atoms with van der Waals surface area (Å²) < 4.78 is 40.7. The Kier molecular flexibility index (Phi) is 4.38. The van der Waals surface area contributed by atoms with Crippen LogP contribution >= 0.6 is 15.9 Å². The first kappa shape index (κ1) is 14.9. The maximum Gasteiger partial charge on any atom is 0.573 e. The third-order valence-corrected chi connectivity index (χ3v) is 3.48. The normalized spacial score (nSPS) is 11.4. The number of rotatable bonds is 3. The fraction of sp³-hybridized carbons (Fsp3) is 0.200. The van der Waals surface area contributed by atoms with Gasteiger partial charge in [0.25, 0.3) is 0 Å². The van der Waals surface area contributed by atoms with Gasteiger partial charge in [-0.05, 0) is 41.3 Å². The first-order chi connectivity index (χ1) is 9.40. The average molecular weight is 345 g/mol. The van der Waals surface area contributed by atoms with Crippen molar-refractivity contribution >= 4 is 15.9 Å². The second kappa shape index (κ2) is 5.87. The largest absolute Gasteiger partial charge is 0.573 e. The van der Waals surface area contributed by atoms with Gasteiger partial charge >= 0.3 is 6.36 Å². The summed E-state index contributed by atoms with van der Waals surface area (Å²) in [6.07, 6.45) is -4.68. The fourth-order valence-electron chi connectivity index (χ4n) is 2.01. The minimum Gasteiger partial charge on any atom is -0.406 e. The van der Waals surface area contributed by atoms with Crippen molar-refractivity contribution in [2.75, 3.05) is 0 Å². The second-order valence-corrected chi connectivity index (χ2v) is 4.87. The minimum atomic E-state index is -4.68. The third kappa shape index (κ3) is 3.54. The maximum atomic E-state index is 12.3. The molecule has 0 unspecified atom stereocenters. The molecule has 2 aromatic rings. The maximum absolute atomic E-state index is 12.3. The Hall–Kier alpha value is -1.49. The van der Waals surface area contributed by atoms with E-state index in [-0.39, 0.29) is 5.75 Å². The number of halogens is 4. The Balaban J connectivity index is 2.44. The molecule has 106 valence electrons. The third-order valence-electron chi connectivity index (χ3n) is 2.92. The molecule has 2 rings (SSSR count). The van der Waals surface area contributed by atoms with E-state index >= 15 is 0 Å². The van der Waals surface area contributed by atoms with Crippen molar-refractivity contribution in [3.63, 3.8) is 0 Å². The topological polar surface area (TPSA) is 9.23 Å². The Bertz CT molecular complexity index is 608. The number of hydrogen-bond donors (Lipinski definition) is 0. The molecular formula is C15H12BrF3O. The highest BCUT2D eigenvalue weighted by atomic mass is 79.9. The van der Waals surface area contributed by atoms with E-state index in [0.29, 0.717) is 10.9 Å². The molecule has 0 fully saturated rings. The van der Waals surface area contributed by atoms with E-state index in [4.69, 9.17) is 0 Å². The van der Waals surface area contributed by atoms with Gasteiger partial charge in [0.1, 0.15) is 5.75 Å². The van der Waals surface area contributed by atoms with Crippen molar-refractivity contribution in [2.45, 2.75) is 18.6 Å². The molecule has 0 aliphatic carbocycles. The van der Waals surface area contributed by atoms with Crippen LogP contribution in [-0.2, 0) is 5.33 Å². The molecule has 0 aliphatic heterocycles. The molecule has 0 atom stereocenters. The molecule has 0 aliphatic rings. The molecule has 5 heteroatoms. The Morgan fingerprint density at radius 1 is 1.10 bits per heavy atom. The molecule has 20 heavy (non-hydrogen) atoms. The Morgan fingerprint density at radius 2 is 1.80 bits per heavy atom. The highest BCUT2D eigenvalue weighted by molar-refractivity contribution is 9.08. The summed E-state index contributed by atoms with van der Waals surface area (Å²) >= 11 is 3.41. The summed E-state index contributed by atoms with van der Waals surface area (Å²) in [4.78, 5) is 0. The van der Waals surface area contributed by atoms with Crippen molar-refractivity contribution < 1.29 is 17.9 Å². The van der Waals surface area contributed by atoms with Gasteiger partial charge in [-0.15, -0.1) is 13.2 Å². The summed E-state index contributed by atoms with van der Waals surface area (Å²) in [6.45, 7) is 1.97. The van der Waals surface area contributed by atoms with Crippen LogP contribution in [0.1, 0.15) is 11.1 Å². The zero-order valence-electron chi connectivity index (χ0n) is 10.7. The van der Waals surface area contributed by atoms with Crippen LogP contribution in [0.25, 0.3) is 11.1 Å². The van der Waals surface area contributed by atoms with Gasteiger partial charge in [-0.25, -0.2) is 0 Å². The zero-order chi connectivity index (χ0) is 14.8. The van der Waals surface area contributed by atoms with Crippen LogP contribution in [0, 0.1) is 6.92 Å². The van der Waals surface area contributed by atoms with E-state index in [1.807, 2.05) is 25.1 Å². The van der Waals surface area contributed by atoms with Crippen LogP contribution in [0.15, 0.2) is 42.5 Å². The molecule has 0 bridgehead atoms. The van der Waals surface area contributed by atoms with Crippen LogP contribution in [0.4, 0.5) is 13.2 Å². The lowest BCUT2D eigenvalue weighted by atomic mass is 9.97. The van der Waals surface area contributed by atoms with E-state index < -0.39 is 6.36 Å². The van der Waals surface area contributed by atoms with Gasteiger partial charge in [0.2, 0.25) is 0 Å². The lowest BCUT2D eigenvalue weighted by Crippen LogP contribution is -2.17. The highest BCUT2D eigenvalue weighted by Gasteiger charge is 2.31. The molecule has 0 saturated heterocycles. The number of aryl methyl sites for hydroxylation is 1. The summed E-state index contributed by atoms with van der Waals surface area (Å²) in [6, 6.07) is 11.7. The minimum absolute atomic E-state index is 0.211. The zero-order valence-corrected chi connectivity index (χ0v) is 12.3. The highest BCUT2D eigenvalue weighted by Crippen LogP contribution is 2.31. The van der Waals surface area contributed by atoms with Crippen molar-refractivity contribution in [1.29, 1.82) is 0 Å². The molecule has 0 amide bonds. The number of ether oxygens (including phenoxy) is 1. The first-order valence-corrected chi connectivity index (χ1v) is 7.03. The Labute approximate surface area is 123 Å². The molecule has 0 N–H and O–H groups in total. The molecule has 1 nitrogen and oxygen atoms in total. The predicted molar refractivity (Wildman–Crippen MR) is 75.9 cm³/mol.